The van der Waals surface area contributed by atoms with Crippen LogP contribution in [0.5, 0.6) is 0 Å². The number of aliphatic carboxylic acids is 1. The van der Waals surface area contributed by atoms with Crippen molar-refractivity contribution in [3.63, 3.8) is 0 Å². The highest BCUT2D eigenvalue weighted by Crippen LogP contribution is 2.35. The smallest absolute Gasteiger partial charge is 0.329 e. The van der Waals surface area contributed by atoms with Gasteiger partial charge in [-0.2, -0.15) is 0 Å². The highest BCUT2D eigenvalue weighted by atomic mass is 16.5. The SMILES string of the molecule is CCOCCCC(=O)NC1(C(=O)O)CC1. The Morgan fingerprint density at radius 3 is 2.60 bits per heavy atom. The van der Waals surface area contributed by atoms with E-state index in [9.17, 15) is 9.59 Å². The molecule has 0 aromatic rings. The zero-order valence-electron chi connectivity index (χ0n) is 8.91. The number of amides is 1. The molecule has 1 amide bonds. The molecule has 0 radical (unpaired) electrons. The summed E-state index contributed by atoms with van der Waals surface area (Å²) in [5.41, 5.74) is -0.956. The van der Waals surface area contributed by atoms with Crippen molar-refractivity contribution in [2.45, 2.75) is 38.1 Å². The molecule has 0 saturated heterocycles. The average Bonchev–Trinajstić information content (AvgIpc) is 2.93. The van der Waals surface area contributed by atoms with E-state index >= 15 is 0 Å². The fraction of sp³-hybridized carbons (Fsp3) is 0.800. The molecule has 0 bridgehead atoms. The van der Waals surface area contributed by atoms with E-state index in [1.807, 2.05) is 6.92 Å². The molecular formula is C10H17NO4. The van der Waals surface area contributed by atoms with E-state index in [4.69, 9.17) is 9.84 Å². The largest absolute Gasteiger partial charge is 0.480 e. The molecule has 0 aromatic carbocycles. The first-order valence-corrected chi connectivity index (χ1v) is 5.23. The van der Waals surface area contributed by atoms with Gasteiger partial charge in [-0.3, -0.25) is 4.79 Å². The zero-order chi connectivity index (χ0) is 11.3. The molecule has 1 fully saturated rings. The predicted molar refractivity (Wildman–Crippen MR) is 53.5 cm³/mol. The van der Waals surface area contributed by atoms with Crippen molar-refractivity contribution < 1.29 is 19.4 Å². The number of carbonyl (C=O) groups excluding carboxylic acids is 1. The molecule has 0 aliphatic heterocycles. The Morgan fingerprint density at radius 2 is 2.13 bits per heavy atom. The first-order chi connectivity index (χ1) is 7.10. The molecule has 1 aliphatic carbocycles. The molecule has 1 saturated carbocycles. The van der Waals surface area contributed by atoms with Crippen molar-refractivity contribution in [2.24, 2.45) is 0 Å². The maximum atomic E-state index is 11.3. The van der Waals surface area contributed by atoms with Crippen molar-refractivity contribution in [1.29, 1.82) is 0 Å². The van der Waals surface area contributed by atoms with Gasteiger partial charge < -0.3 is 15.2 Å². The number of hydrogen-bond acceptors (Lipinski definition) is 3. The summed E-state index contributed by atoms with van der Waals surface area (Å²) < 4.78 is 5.08. The maximum absolute atomic E-state index is 11.3. The molecule has 5 heteroatoms. The Balaban J connectivity index is 2.16. The number of rotatable bonds is 7. The fourth-order valence-electron chi connectivity index (χ4n) is 1.33. The lowest BCUT2D eigenvalue weighted by molar-refractivity contribution is -0.143. The van der Waals surface area contributed by atoms with Crippen molar-refractivity contribution in [2.75, 3.05) is 13.2 Å². The van der Waals surface area contributed by atoms with E-state index in [-0.39, 0.29) is 5.91 Å². The molecule has 15 heavy (non-hydrogen) atoms. The Hall–Kier alpha value is -1.10. The first kappa shape index (κ1) is 12.0. The Labute approximate surface area is 88.8 Å². The third-order valence-corrected chi connectivity index (χ3v) is 2.43. The summed E-state index contributed by atoms with van der Waals surface area (Å²) >= 11 is 0. The molecule has 5 nitrogen and oxygen atoms in total. The van der Waals surface area contributed by atoms with Crippen molar-refractivity contribution in [1.82, 2.24) is 5.32 Å². The Bertz CT molecular complexity index is 248. The van der Waals surface area contributed by atoms with Gasteiger partial charge in [-0.25, -0.2) is 4.79 Å². The summed E-state index contributed by atoms with van der Waals surface area (Å²) in [4.78, 5) is 22.1. The zero-order valence-corrected chi connectivity index (χ0v) is 8.91. The second-order valence-corrected chi connectivity index (χ2v) is 3.74. The van der Waals surface area contributed by atoms with Gasteiger partial charge in [0.15, 0.2) is 0 Å². The predicted octanol–water partition coefficient (Wildman–Crippen LogP) is 0.536. The lowest BCUT2D eigenvalue weighted by Crippen LogP contribution is -2.43. The summed E-state index contributed by atoms with van der Waals surface area (Å²) in [5, 5.41) is 11.4. The minimum Gasteiger partial charge on any atom is -0.480 e. The van der Waals surface area contributed by atoms with Crippen LogP contribution in [0.2, 0.25) is 0 Å². The molecule has 2 N–H and O–H groups in total. The lowest BCUT2D eigenvalue weighted by atomic mass is 10.2. The maximum Gasteiger partial charge on any atom is 0.329 e. The molecule has 0 spiro atoms. The van der Waals surface area contributed by atoms with Crippen LogP contribution >= 0.6 is 0 Å². The molecule has 0 atom stereocenters. The molecule has 0 unspecified atom stereocenters. The number of carboxylic acid groups (broad SMARTS) is 1. The molecular weight excluding hydrogens is 198 g/mol. The first-order valence-electron chi connectivity index (χ1n) is 5.23. The van der Waals surface area contributed by atoms with E-state index in [0.29, 0.717) is 38.9 Å². The van der Waals surface area contributed by atoms with E-state index in [0.717, 1.165) is 0 Å². The quantitative estimate of drug-likeness (QED) is 0.608. The Morgan fingerprint density at radius 1 is 1.47 bits per heavy atom. The summed E-state index contributed by atoms with van der Waals surface area (Å²) in [6, 6.07) is 0. The molecule has 86 valence electrons. The topological polar surface area (TPSA) is 75.6 Å². The minimum absolute atomic E-state index is 0.199. The fourth-order valence-corrected chi connectivity index (χ4v) is 1.33. The highest BCUT2D eigenvalue weighted by Gasteiger charge is 2.51. The van der Waals surface area contributed by atoms with Gasteiger partial charge in [0, 0.05) is 19.6 Å². The summed E-state index contributed by atoms with van der Waals surface area (Å²) in [6.45, 7) is 3.08. The van der Waals surface area contributed by atoms with Crippen LogP contribution < -0.4 is 5.32 Å². The second-order valence-electron chi connectivity index (χ2n) is 3.74. The van der Waals surface area contributed by atoms with Gasteiger partial charge in [-0.05, 0) is 26.2 Å². The molecule has 1 rings (SSSR count). The van der Waals surface area contributed by atoms with Crippen LogP contribution in [0.25, 0.3) is 0 Å². The van der Waals surface area contributed by atoms with E-state index in [1.165, 1.54) is 0 Å². The number of carboxylic acids is 1. The molecule has 0 heterocycles. The Kier molecular flexibility index (Phi) is 4.08. The van der Waals surface area contributed by atoms with Gasteiger partial charge in [0.05, 0.1) is 0 Å². The van der Waals surface area contributed by atoms with Crippen molar-refractivity contribution in [3.05, 3.63) is 0 Å². The van der Waals surface area contributed by atoms with Crippen LogP contribution in [-0.4, -0.2) is 35.7 Å². The van der Waals surface area contributed by atoms with Crippen LogP contribution in [0.4, 0.5) is 0 Å². The van der Waals surface area contributed by atoms with E-state index < -0.39 is 11.5 Å². The second kappa shape index (κ2) is 5.11. The van der Waals surface area contributed by atoms with Crippen LogP contribution in [0.3, 0.4) is 0 Å². The monoisotopic (exact) mass is 215 g/mol. The van der Waals surface area contributed by atoms with Gasteiger partial charge >= 0.3 is 5.97 Å². The molecule has 0 aromatic heterocycles. The third kappa shape index (κ3) is 3.51. The third-order valence-electron chi connectivity index (χ3n) is 2.43. The van der Waals surface area contributed by atoms with Gasteiger partial charge in [0.25, 0.3) is 0 Å². The minimum atomic E-state index is -0.956. The highest BCUT2D eigenvalue weighted by molar-refractivity contribution is 5.89. The lowest BCUT2D eigenvalue weighted by Gasteiger charge is -2.11. The normalized spacial score (nSPS) is 17.1. The van der Waals surface area contributed by atoms with Crippen LogP contribution in [0.15, 0.2) is 0 Å². The van der Waals surface area contributed by atoms with Crippen LogP contribution in [0, 0.1) is 0 Å². The molecule has 1 aliphatic rings. The van der Waals surface area contributed by atoms with Gasteiger partial charge in [-0.15, -0.1) is 0 Å². The van der Waals surface area contributed by atoms with Crippen LogP contribution in [-0.2, 0) is 14.3 Å². The summed E-state index contributed by atoms with van der Waals surface area (Å²) in [7, 11) is 0. The van der Waals surface area contributed by atoms with E-state index in [2.05, 4.69) is 5.32 Å². The van der Waals surface area contributed by atoms with Crippen molar-refractivity contribution in [3.8, 4) is 0 Å². The standard InChI is InChI=1S/C10H17NO4/c1-2-15-7-3-4-8(12)11-10(5-6-10)9(13)14/h2-7H2,1H3,(H,11,12)(H,13,14). The van der Waals surface area contributed by atoms with Gasteiger partial charge in [-0.1, -0.05) is 0 Å². The van der Waals surface area contributed by atoms with E-state index in [1.54, 1.807) is 0 Å². The number of carbonyl (C=O) groups is 2. The number of hydrogen-bond donors (Lipinski definition) is 2. The average molecular weight is 215 g/mol. The summed E-state index contributed by atoms with van der Waals surface area (Å²) in [5.74, 6) is -1.13. The van der Waals surface area contributed by atoms with Crippen molar-refractivity contribution >= 4 is 11.9 Å². The van der Waals surface area contributed by atoms with Gasteiger partial charge in [0.1, 0.15) is 5.54 Å². The van der Waals surface area contributed by atoms with Crippen LogP contribution in [0.1, 0.15) is 32.6 Å². The van der Waals surface area contributed by atoms with Gasteiger partial charge in [0.2, 0.25) is 5.91 Å². The summed E-state index contributed by atoms with van der Waals surface area (Å²) in [6.07, 6.45) is 2.05. The number of ether oxygens (including phenoxy) is 1. The number of nitrogens with one attached hydrogen (secondary N) is 1.